The van der Waals surface area contributed by atoms with E-state index in [1.807, 2.05) is 30.3 Å². The second-order valence-electron chi connectivity index (χ2n) is 8.53. The molecule has 0 fully saturated rings. The lowest BCUT2D eigenvalue weighted by atomic mass is 9.80. The number of nitrogens with zero attached hydrogens (tertiary/aromatic N) is 1. The van der Waals surface area contributed by atoms with E-state index >= 15 is 0 Å². The lowest BCUT2D eigenvalue weighted by Crippen LogP contribution is -2.26. The zero-order valence-electron chi connectivity index (χ0n) is 19.5. The van der Waals surface area contributed by atoms with Crippen LogP contribution in [0.4, 0.5) is 0 Å². The first kappa shape index (κ1) is 21.7. The van der Waals surface area contributed by atoms with E-state index in [2.05, 4.69) is 50.2 Å². The van der Waals surface area contributed by atoms with E-state index in [4.69, 9.17) is 19.9 Å². The Morgan fingerprint density at radius 3 is 2.62 bits per heavy atom. The number of nitriles is 1. The molecule has 2 aliphatic heterocycles. The molecule has 1 unspecified atom stereocenters. The van der Waals surface area contributed by atoms with Gasteiger partial charge in [0, 0.05) is 11.1 Å². The van der Waals surface area contributed by atoms with E-state index < -0.39 is 0 Å². The molecule has 3 aromatic carbocycles. The predicted octanol–water partition coefficient (Wildman–Crippen LogP) is 5.84. The second-order valence-corrected chi connectivity index (χ2v) is 8.53. The molecule has 0 saturated carbocycles. The van der Waals surface area contributed by atoms with Crippen molar-refractivity contribution < 1.29 is 14.2 Å². The highest BCUT2D eigenvalue weighted by Crippen LogP contribution is 2.48. The molecule has 170 valence electrons. The average molecular weight is 451 g/mol. The molecule has 2 aliphatic rings. The molecular weight excluding hydrogens is 424 g/mol. The van der Waals surface area contributed by atoms with Gasteiger partial charge >= 0.3 is 0 Å². The number of fused-ring (bicyclic) bond motifs is 2. The summed E-state index contributed by atoms with van der Waals surface area (Å²) in [5.74, 6) is 1.98. The number of methoxy groups -OCH3 is 1. The normalized spacial score (nSPS) is 16.7. The maximum atomic E-state index is 10.0. The van der Waals surface area contributed by atoms with E-state index in [0.29, 0.717) is 17.9 Å². The van der Waals surface area contributed by atoms with E-state index in [9.17, 15) is 5.26 Å². The van der Waals surface area contributed by atoms with Gasteiger partial charge in [-0.2, -0.15) is 5.26 Å². The fourth-order valence-corrected chi connectivity index (χ4v) is 4.79. The van der Waals surface area contributed by atoms with Gasteiger partial charge in [0.25, 0.3) is 0 Å². The van der Waals surface area contributed by atoms with Crippen LogP contribution in [0.2, 0.25) is 0 Å². The smallest absolute Gasteiger partial charge is 0.205 e. The van der Waals surface area contributed by atoms with Gasteiger partial charge in [-0.25, -0.2) is 0 Å². The molecule has 5 rings (SSSR count). The lowest BCUT2D eigenvalue weighted by molar-refractivity contribution is 0.294. The second kappa shape index (κ2) is 8.64. The first-order chi connectivity index (χ1) is 16.5. The van der Waals surface area contributed by atoms with E-state index in [0.717, 1.165) is 51.3 Å². The highest BCUT2D eigenvalue weighted by molar-refractivity contribution is 5.78. The Balaban J connectivity index is 1.71. The van der Waals surface area contributed by atoms with Crippen LogP contribution in [0.3, 0.4) is 0 Å². The zero-order chi connectivity index (χ0) is 23.8. The van der Waals surface area contributed by atoms with Gasteiger partial charge < -0.3 is 19.9 Å². The maximum Gasteiger partial charge on any atom is 0.205 e. The third kappa shape index (κ3) is 3.48. The van der Waals surface area contributed by atoms with Crippen molar-refractivity contribution in [3.8, 4) is 28.7 Å². The predicted molar refractivity (Wildman–Crippen MR) is 132 cm³/mol. The number of aryl methyl sites for hydroxylation is 2. The minimum Gasteiger partial charge on any atom is -0.496 e. The highest BCUT2D eigenvalue weighted by Gasteiger charge is 2.37. The molecule has 0 saturated heterocycles. The minimum absolute atomic E-state index is 0.134. The SMILES string of the molecule is CCc1ccc2c(c1)C1=C(CO2)C(c2ccc(OC)c(-c3ccccc3C)c2)C(C#N)=C(N)O1. The third-order valence-electron chi connectivity index (χ3n) is 6.60. The summed E-state index contributed by atoms with van der Waals surface area (Å²) in [4.78, 5) is 0. The number of allylic oxidation sites excluding steroid dienone is 1. The van der Waals surface area contributed by atoms with Crippen molar-refractivity contribution in [2.45, 2.75) is 26.2 Å². The fraction of sp³-hybridized carbons (Fsp3) is 0.207. The quantitative estimate of drug-likeness (QED) is 0.540. The van der Waals surface area contributed by atoms with Crippen molar-refractivity contribution in [3.05, 3.63) is 99.9 Å². The Kier molecular flexibility index (Phi) is 5.51. The molecule has 2 N–H and O–H groups in total. The number of hydrogen-bond donors (Lipinski definition) is 1. The third-order valence-corrected chi connectivity index (χ3v) is 6.60. The minimum atomic E-state index is -0.374. The summed E-state index contributed by atoms with van der Waals surface area (Å²) in [7, 11) is 1.67. The molecule has 0 aromatic heterocycles. The van der Waals surface area contributed by atoms with Crippen LogP contribution in [0.1, 0.15) is 35.1 Å². The number of benzene rings is 3. The molecule has 5 heteroatoms. The molecule has 3 aromatic rings. The van der Waals surface area contributed by atoms with Gasteiger partial charge in [0.2, 0.25) is 5.88 Å². The van der Waals surface area contributed by atoms with Gasteiger partial charge in [0.15, 0.2) is 0 Å². The Labute approximate surface area is 199 Å². The van der Waals surface area contributed by atoms with Crippen LogP contribution >= 0.6 is 0 Å². The van der Waals surface area contributed by atoms with Crippen LogP contribution in [-0.4, -0.2) is 13.7 Å². The van der Waals surface area contributed by atoms with Crippen LogP contribution in [0.25, 0.3) is 16.9 Å². The van der Waals surface area contributed by atoms with Crippen LogP contribution in [0.15, 0.2) is 77.7 Å². The van der Waals surface area contributed by atoms with Crippen molar-refractivity contribution in [3.63, 3.8) is 0 Å². The van der Waals surface area contributed by atoms with Crippen LogP contribution in [0, 0.1) is 18.3 Å². The number of ether oxygens (including phenoxy) is 3. The summed E-state index contributed by atoms with van der Waals surface area (Å²) < 4.78 is 17.9. The first-order valence-corrected chi connectivity index (χ1v) is 11.4. The van der Waals surface area contributed by atoms with Crippen molar-refractivity contribution in [2.24, 2.45) is 5.73 Å². The molecule has 1 atom stereocenters. The summed E-state index contributed by atoms with van der Waals surface area (Å²) in [6.07, 6.45) is 0.895. The highest BCUT2D eigenvalue weighted by atomic mass is 16.5. The summed E-state index contributed by atoms with van der Waals surface area (Å²) in [6, 6.07) is 22.6. The van der Waals surface area contributed by atoms with Crippen molar-refractivity contribution in [1.82, 2.24) is 0 Å². The Hall–Kier alpha value is -4.17. The fourth-order valence-electron chi connectivity index (χ4n) is 4.79. The number of rotatable bonds is 4. The van der Waals surface area contributed by atoms with Gasteiger partial charge in [-0.1, -0.05) is 43.3 Å². The summed E-state index contributed by atoms with van der Waals surface area (Å²) >= 11 is 0. The Morgan fingerprint density at radius 1 is 1.06 bits per heavy atom. The van der Waals surface area contributed by atoms with Crippen LogP contribution in [0.5, 0.6) is 11.5 Å². The summed E-state index contributed by atoms with van der Waals surface area (Å²) in [5, 5.41) is 10.0. The van der Waals surface area contributed by atoms with E-state index in [1.165, 1.54) is 5.56 Å². The summed E-state index contributed by atoms with van der Waals surface area (Å²) in [5.41, 5.74) is 13.8. The molecule has 0 amide bonds. The van der Waals surface area contributed by atoms with Crippen molar-refractivity contribution in [1.29, 1.82) is 5.26 Å². The molecule has 0 radical (unpaired) electrons. The zero-order valence-corrected chi connectivity index (χ0v) is 19.5. The monoisotopic (exact) mass is 450 g/mol. The van der Waals surface area contributed by atoms with Gasteiger partial charge in [-0.05, 0) is 59.9 Å². The van der Waals surface area contributed by atoms with Crippen LogP contribution < -0.4 is 15.2 Å². The average Bonchev–Trinajstić information content (AvgIpc) is 2.87. The summed E-state index contributed by atoms with van der Waals surface area (Å²) in [6.45, 7) is 4.51. The van der Waals surface area contributed by atoms with Gasteiger partial charge in [-0.3, -0.25) is 0 Å². The topological polar surface area (TPSA) is 77.5 Å². The molecule has 0 aliphatic carbocycles. The molecule has 34 heavy (non-hydrogen) atoms. The molecular formula is C29H26N2O3. The Bertz CT molecular complexity index is 1390. The van der Waals surface area contributed by atoms with Crippen molar-refractivity contribution in [2.75, 3.05) is 13.7 Å². The number of hydrogen-bond acceptors (Lipinski definition) is 5. The van der Waals surface area contributed by atoms with E-state index in [1.54, 1.807) is 7.11 Å². The van der Waals surface area contributed by atoms with Gasteiger partial charge in [0.1, 0.15) is 35.5 Å². The Morgan fingerprint density at radius 2 is 1.88 bits per heavy atom. The van der Waals surface area contributed by atoms with Gasteiger partial charge in [-0.15, -0.1) is 0 Å². The molecule has 5 nitrogen and oxygen atoms in total. The number of nitrogens with two attached hydrogens (primary N) is 1. The molecule has 2 heterocycles. The largest absolute Gasteiger partial charge is 0.496 e. The molecule has 0 bridgehead atoms. The molecule has 0 spiro atoms. The maximum absolute atomic E-state index is 10.0. The van der Waals surface area contributed by atoms with Crippen LogP contribution in [-0.2, 0) is 11.2 Å². The standard InChI is InChI=1S/C29H26N2O3/c1-4-18-9-11-26-22(13-18)28-24(16-33-26)27(23(15-30)29(31)34-28)19-10-12-25(32-3)21(14-19)20-8-6-5-7-17(20)2/h5-14,27H,4,16,31H2,1-3H3. The van der Waals surface area contributed by atoms with Crippen molar-refractivity contribution >= 4 is 5.76 Å². The first-order valence-electron chi connectivity index (χ1n) is 11.4. The lowest BCUT2D eigenvalue weighted by Gasteiger charge is -2.33. The van der Waals surface area contributed by atoms with Gasteiger partial charge in [0.05, 0.1) is 18.6 Å². The van der Waals surface area contributed by atoms with E-state index in [-0.39, 0.29) is 11.8 Å².